The highest BCUT2D eigenvalue weighted by molar-refractivity contribution is 5.91. The molecule has 3 rings (SSSR count). The van der Waals surface area contributed by atoms with E-state index in [1.807, 2.05) is 29.2 Å². The van der Waals surface area contributed by atoms with Crippen LogP contribution in [0.1, 0.15) is 18.0 Å². The maximum Gasteiger partial charge on any atom is 0.390 e. The molecule has 24 heavy (non-hydrogen) atoms. The van der Waals surface area contributed by atoms with E-state index in [2.05, 4.69) is 5.32 Å². The Morgan fingerprint density at radius 2 is 1.75 bits per heavy atom. The number of ether oxygens (including phenoxy) is 1. The number of halogens is 3. The summed E-state index contributed by atoms with van der Waals surface area (Å²) in [5.41, 5.74) is 0.714. The summed E-state index contributed by atoms with van der Waals surface area (Å²) in [5, 5.41) is 4.87. The standard InChI is InChI=1S/C18H21F3N2O/c1-24-17-7-6-14(13-4-2-3-5-15(13)17)16(12-18(19,20)21)23-10-8-22-9-11-23/h2-7,16,22H,8-12H2,1H3/t16-/m0/s1. The SMILES string of the molecule is COc1ccc([C@H](CC(F)(F)F)N2CCNCC2)c2ccccc12. The molecule has 1 fully saturated rings. The minimum absolute atomic E-state index is 0.612. The molecule has 0 aliphatic carbocycles. The van der Waals surface area contributed by atoms with Crippen LogP contribution in [-0.2, 0) is 0 Å². The summed E-state index contributed by atoms with van der Waals surface area (Å²) in [6.07, 6.45) is -5.06. The number of piperazine rings is 1. The van der Waals surface area contributed by atoms with E-state index in [1.165, 1.54) is 0 Å². The van der Waals surface area contributed by atoms with E-state index in [1.54, 1.807) is 19.2 Å². The van der Waals surface area contributed by atoms with E-state index in [9.17, 15) is 13.2 Å². The summed E-state index contributed by atoms with van der Waals surface area (Å²) >= 11 is 0. The molecule has 1 aliphatic heterocycles. The monoisotopic (exact) mass is 338 g/mol. The van der Waals surface area contributed by atoms with Crippen LogP contribution in [0.2, 0.25) is 0 Å². The lowest BCUT2D eigenvalue weighted by Gasteiger charge is -2.36. The predicted octanol–water partition coefficient (Wildman–Crippen LogP) is 3.75. The van der Waals surface area contributed by atoms with Crippen LogP contribution in [0.25, 0.3) is 10.8 Å². The smallest absolute Gasteiger partial charge is 0.390 e. The molecule has 0 radical (unpaired) electrons. The van der Waals surface area contributed by atoms with Gasteiger partial charge in [-0.05, 0) is 17.0 Å². The van der Waals surface area contributed by atoms with Crippen molar-refractivity contribution in [3.63, 3.8) is 0 Å². The Labute approximate surface area is 139 Å². The molecule has 0 amide bonds. The lowest BCUT2D eigenvalue weighted by atomic mass is 9.94. The van der Waals surface area contributed by atoms with Gasteiger partial charge in [-0.25, -0.2) is 0 Å². The van der Waals surface area contributed by atoms with E-state index in [0.717, 1.165) is 10.8 Å². The van der Waals surface area contributed by atoms with Gasteiger partial charge >= 0.3 is 6.18 Å². The summed E-state index contributed by atoms with van der Waals surface area (Å²) in [4.78, 5) is 1.93. The highest BCUT2D eigenvalue weighted by Gasteiger charge is 2.36. The van der Waals surface area contributed by atoms with Gasteiger partial charge in [-0.15, -0.1) is 0 Å². The van der Waals surface area contributed by atoms with Gasteiger partial charge in [0.05, 0.1) is 13.5 Å². The largest absolute Gasteiger partial charge is 0.496 e. The molecule has 2 aromatic carbocycles. The number of nitrogens with zero attached hydrogens (tertiary/aromatic N) is 1. The molecule has 0 aromatic heterocycles. The molecule has 6 heteroatoms. The van der Waals surface area contributed by atoms with Crippen molar-refractivity contribution in [3.05, 3.63) is 42.0 Å². The zero-order chi connectivity index (χ0) is 17.2. The quantitative estimate of drug-likeness (QED) is 0.919. The van der Waals surface area contributed by atoms with Crippen molar-refractivity contribution >= 4 is 10.8 Å². The van der Waals surface area contributed by atoms with Crippen LogP contribution in [0, 0.1) is 0 Å². The Hall–Kier alpha value is -1.79. The van der Waals surface area contributed by atoms with Crippen LogP contribution >= 0.6 is 0 Å². The number of fused-ring (bicyclic) bond motifs is 1. The van der Waals surface area contributed by atoms with Crippen LogP contribution in [0.15, 0.2) is 36.4 Å². The van der Waals surface area contributed by atoms with Crippen molar-refractivity contribution in [2.24, 2.45) is 0 Å². The molecule has 2 aromatic rings. The topological polar surface area (TPSA) is 24.5 Å². The highest BCUT2D eigenvalue weighted by Crippen LogP contribution is 2.39. The van der Waals surface area contributed by atoms with E-state index < -0.39 is 18.6 Å². The van der Waals surface area contributed by atoms with Crippen LogP contribution in [0.5, 0.6) is 5.75 Å². The zero-order valence-corrected chi connectivity index (χ0v) is 13.6. The second-order valence-electron chi connectivity index (χ2n) is 6.02. The molecule has 130 valence electrons. The van der Waals surface area contributed by atoms with Gasteiger partial charge in [-0.1, -0.05) is 30.3 Å². The van der Waals surface area contributed by atoms with Crippen molar-refractivity contribution in [1.82, 2.24) is 10.2 Å². The fraction of sp³-hybridized carbons (Fsp3) is 0.444. The van der Waals surface area contributed by atoms with Gasteiger partial charge in [-0.3, -0.25) is 4.90 Å². The van der Waals surface area contributed by atoms with Gasteiger partial charge in [0.15, 0.2) is 0 Å². The third-order valence-electron chi connectivity index (χ3n) is 4.51. The summed E-state index contributed by atoms with van der Waals surface area (Å²) < 4.78 is 45.0. The number of hydrogen-bond acceptors (Lipinski definition) is 3. The average molecular weight is 338 g/mol. The van der Waals surface area contributed by atoms with Crippen LogP contribution < -0.4 is 10.1 Å². The van der Waals surface area contributed by atoms with Crippen molar-refractivity contribution in [3.8, 4) is 5.75 Å². The van der Waals surface area contributed by atoms with Gasteiger partial charge < -0.3 is 10.1 Å². The van der Waals surface area contributed by atoms with Gasteiger partial charge in [0.25, 0.3) is 0 Å². The summed E-state index contributed by atoms with van der Waals surface area (Å²) in [6.45, 7) is 2.65. The van der Waals surface area contributed by atoms with Gasteiger partial charge in [0.1, 0.15) is 5.75 Å². The third kappa shape index (κ3) is 3.65. The molecule has 0 saturated carbocycles. The fourth-order valence-corrected chi connectivity index (χ4v) is 3.41. The van der Waals surface area contributed by atoms with Crippen molar-refractivity contribution in [1.29, 1.82) is 0 Å². The van der Waals surface area contributed by atoms with E-state index in [-0.39, 0.29) is 0 Å². The minimum atomic E-state index is -4.21. The van der Waals surface area contributed by atoms with Gasteiger partial charge in [-0.2, -0.15) is 13.2 Å². The lowest BCUT2D eigenvalue weighted by Crippen LogP contribution is -2.46. The lowest BCUT2D eigenvalue weighted by molar-refractivity contribution is -0.148. The Balaban J connectivity index is 2.08. The number of benzene rings is 2. The molecular formula is C18H21F3N2O. The predicted molar refractivity (Wildman–Crippen MR) is 88.4 cm³/mol. The number of alkyl halides is 3. The van der Waals surface area contributed by atoms with E-state index in [4.69, 9.17) is 4.74 Å². The molecule has 0 bridgehead atoms. The van der Waals surface area contributed by atoms with Crippen LogP contribution in [-0.4, -0.2) is 44.4 Å². The number of hydrogen-bond donors (Lipinski definition) is 1. The van der Waals surface area contributed by atoms with E-state index in [0.29, 0.717) is 37.5 Å². The summed E-state index contributed by atoms with van der Waals surface area (Å²) in [6, 6.07) is 10.4. The average Bonchev–Trinajstić information content (AvgIpc) is 2.59. The fourth-order valence-electron chi connectivity index (χ4n) is 3.41. The Morgan fingerprint density at radius 3 is 2.38 bits per heavy atom. The number of nitrogens with one attached hydrogen (secondary N) is 1. The van der Waals surface area contributed by atoms with Crippen LogP contribution in [0.4, 0.5) is 13.2 Å². The Bertz CT molecular complexity index is 696. The first-order valence-corrected chi connectivity index (χ1v) is 8.07. The van der Waals surface area contributed by atoms with Gasteiger partial charge in [0.2, 0.25) is 0 Å². The van der Waals surface area contributed by atoms with Crippen LogP contribution in [0.3, 0.4) is 0 Å². The summed E-state index contributed by atoms with van der Waals surface area (Å²) in [5.74, 6) is 0.681. The molecule has 1 atom stereocenters. The van der Waals surface area contributed by atoms with E-state index >= 15 is 0 Å². The maximum atomic E-state index is 13.2. The van der Waals surface area contributed by atoms with Crippen molar-refractivity contribution in [2.45, 2.75) is 18.6 Å². The molecular weight excluding hydrogens is 317 g/mol. The van der Waals surface area contributed by atoms with Crippen molar-refractivity contribution < 1.29 is 17.9 Å². The zero-order valence-electron chi connectivity index (χ0n) is 13.6. The molecule has 1 saturated heterocycles. The molecule has 1 heterocycles. The highest BCUT2D eigenvalue weighted by atomic mass is 19.4. The first-order valence-electron chi connectivity index (χ1n) is 8.07. The van der Waals surface area contributed by atoms with Crippen molar-refractivity contribution in [2.75, 3.05) is 33.3 Å². The first kappa shape index (κ1) is 17.0. The third-order valence-corrected chi connectivity index (χ3v) is 4.51. The Morgan fingerprint density at radius 1 is 1.08 bits per heavy atom. The molecule has 1 N–H and O–H groups in total. The summed E-state index contributed by atoms with van der Waals surface area (Å²) in [7, 11) is 1.57. The molecule has 0 spiro atoms. The Kier molecular flexibility index (Phi) is 4.96. The number of methoxy groups -OCH3 is 1. The normalized spacial score (nSPS) is 17.8. The second-order valence-corrected chi connectivity index (χ2v) is 6.02. The molecule has 0 unspecified atom stereocenters. The molecule has 1 aliphatic rings. The number of rotatable bonds is 4. The first-order chi connectivity index (χ1) is 11.5. The van der Waals surface area contributed by atoms with Gasteiger partial charge in [0, 0.05) is 37.6 Å². The minimum Gasteiger partial charge on any atom is -0.496 e. The maximum absolute atomic E-state index is 13.2. The molecule has 3 nitrogen and oxygen atoms in total. The second kappa shape index (κ2) is 6.99.